The number of nitrogens with zero attached hydrogens (tertiary/aromatic N) is 2. The second-order valence-corrected chi connectivity index (χ2v) is 5.26. The van der Waals surface area contributed by atoms with Crippen LogP contribution in [0.15, 0.2) is 29.4 Å². The Morgan fingerprint density at radius 2 is 2.20 bits per heavy atom. The van der Waals surface area contributed by atoms with Gasteiger partial charge in [-0.05, 0) is 18.2 Å². The Bertz CT molecular complexity index is 726. The highest BCUT2D eigenvalue weighted by Crippen LogP contribution is 2.27. The van der Waals surface area contributed by atoms with Crippen molar-refractivity contribution in [2.24, 2.45) is 5.14 Å². The number of nitrogens with one attached hydrogen (secondary N) is 2. The smallest absolute Gasteiger partial charge is 0.293 e. The van der Waals surface area contributed by atoms with Gasteiger partial charge in [-0.1, -0.05) is 0 Å². The normalized spacial score (nSPS) is 11.1. The molecule has 0 aliphatic heterocycles. The number of aromatic amines is 1. The van der Waals surface area contributed by atoms with Gasteiger partial charge in [0, 0.05) is 0 Å². The molecule has 106 valence electrons. The van der Waals surface area contributed by atoms with Gasteiger partial charge in [-0.25, -0.2) is 18.5 Å². The first-order valence-corrected chi connectivity index (χ1v) is 6.84. The molecule has 0 spiro atoms. The third-order valence-electron chi connectivity index (χ3n) is 2.38. The summed E-state index contributed by atoms with van der Waals surface area (Å²) in [5.74, 6) is -0.328. The summed E-state index contributed by atoms with van der Waals surface area (Å²) in [6.45, 7) is 0. The van der Waals surface area contributed by atoms with Crippen LogP contribution in [-0.2, 0) is 10.0 Å². The van der Waals surface area contributed by atoms with Gasteiger partial charge < -0.3 is 10.1 Å². The molecule has 0 radical (unpaired) electrons. The first-order chi connectivity index (χ1) is 9.41. The van der Waals surface area contributed by atoms with Gasteiger partial charge in [0.05, 0.1) is 17.7 Å². The maximum atomic E-state index is 11.8. The van der Waals surface area contributed by atoms with Gasteiger partial charge in [0.15, 0.2) is 0 Å². The van der Waals surface area contributed by atoms with E-state index in [1.165, 1.54) is 31.6 Å². The van der Waals surface area contributed by atoms with E-state index in [1.54, 1.807) is 0 Å². The van der Waals surface area contributed by atoms with E-state index >= 15 is 0 Å². The Labute approximate surface area is 114 Å². The Kier molecular flexibility index (Phi) is 3.68. The average Bonchev–Trinajstić information content (AvgIpc) is 2.91. The number of H-pyrrole nitrogens is 1. The van der Waals surface area contributed by atoms with Crippen LogP contribution in [0.2, 0.25) is 0 Å². The van der Waals surface area contributed by atoms with E-state index in [0.29, 0.717) is 0 Å². The van der Waals surface area contributed by atoms with Crippen LogP contribution in [0.3, 0.4) is 0 Å². The molecule has 0 bridgehead atoms. The summed E-state index contributed by atoms with van der Waals surface area (Å²) >= 11 is 0. The molecule has 20 heavy (non-hydrogen) atoms. The summed E-state index contributed by atoms with van der Waals surface area (Å²) in [6.07, 6.45) is 1.17. The van der Waals surface area contributed by atoms with Crippen LogP contribution >= 0.6 is 0 Å². The molecule has 4 N–H and O–H groups in total. The van der Waals surface area contributed by atoms with E-state index in [1.807, 2.05) is 0 Å². The Hall–Kier alpha value is -2.46. The molecule has 0 atom stereocenters. The standard InChI is InChI=1S/C10H11N5O4S/c1-19-8-3-2-6(20(11,17)18)4-7(8)14-10(16)9-12-5-13-15-9/h2-5H,1H3,(H,14,16)(H2,11,17,18)(H,12,13,15). The highest BCUT2D eigenvalue weighted by molar-refractivity contribution is 7.89. The van der Waals surface area contributed by atoms with Crippen molar-refractivity contribution in [3.63, 3.8) is 0 Å². The number of aromatic nitrogens is 3. The van der Waals surface area contributed by atoms with Gasteiger partial charge >= 0.3 is 0 Å². The van der Waals surface area contributed by atoms with Crippen molar-refractivity contribution >= 4 is 21.6 Å². The zero-order valence-corrected chi connectivity index (χ0v) is 11.1. The van der Waals surface area contributed by atoms with Crippen LogP contribution in [0.5, 0.6) is 5.75 Å². The van der Waals surface area contributed by atoms with E-state index in [4.69, 9.17) is 9.88 Å². The summed E-state index contributed by atoms with van der Waals surface area (Å²) in [6, 6.07) is 3.86. The number of carbonyl (C=O) groups is 1. The molecule has 0 aliphatic rings. The number of anilines is 1. The Morgan fingerprint density at radius 1 is 1.45 bits per heavy atom. The van der Waals surface area contributed by atoms with Crippen LogP contribution in [0.1, 0.15) is 10.6 Å². The van der Waals surface area contributed by atoms with Gasteiger partial charge in [-0.2, -0.15) is 5.10 Å². The van der Waals surface area contributed by atoms with Crippen molar-refractivity contribution in [1.29, 1.82) is 0 Å². The molecular weight excluding hydrogens is 286 g/mol. The van der Waals surface area contributed by atoms with Crippen molar-refractivity contribution in [2.45, 2.75) is 4.90 Å². The Morgan fingerprint density at radius 3 is 2.75 bits per heavy atom. The highest BCUT2D eigenvalue weighted by atomic mass is 32.2. The van der Waals surface area contributed by atoms with Gasteiger partial charge in [0.1, 0.15) is 12.1 Å². The van der Waals surface area contributed by atoms with Crippen LogP contribution in [0, 0.1) is 0 Å². The first-order valence-electron chi connectivity index (χ1n) is 5.29. The largest absolute Gasteiger partial charge is 0.495 e. The van der Waals surface area contributed by atoms with E-state index < -0.39 is 15.9 Å². The van der Waals surface area contributed by atoms with E-state index in [9.17, 15) is 13.2 Å². The fourth-order valence-electron chi connectivity index (χ4n) is 1.46. The number of amides is 1. The summed E-state index contributed by atoms with van der Waals surface area (Å²) in [4.78, 5) is 15.4. The average molecular weight is 297 g/mol. The summed E-state index contributed by atoms with van der Waals surface area (Å²) in [5, 5.41) is 13.4. The van der Waals surface area contributed by atoms with E-state index in [0.717, 1.165) is 0 Å². The van der Waals surface area contributed by atoms with Crippen molar-refractivity contribution in [3.8, 4) is 5.75 Å². The molecule has 2 aromatic rings. The molecule has 1 amide bonds. The second-order valence-electron chi connectivity index (χ2n) is 3.70. The fraction of sp³-hybridized carbons (Fsp3) is 0.100. The zero-order chi connectivity index (χ0) is 14.8. The van der Waals surface area contributed by atoms with Gasteiger partial charge in [-0.3, -0.25) is 9.89 Å². The molecule has 1 aromatic carbocycles. The molecule has 2 rings (SSSR count). The van der Waals surface area contributed by atoms with Crippen molar-refractivity contribution in [2.75, 3.05) is 12.4 Å². The molecule has 0 saturated heterocycles. The third kappa shape index (κ3) is 2.92. The lowest BCUT2D eigenvalue weighted by Gasteiger charge is -2.10. The van der Waals surface area contributed by atoms with Gasteiger partial charge in [0.2, 0.25) is 15.8 Å². The van der Waals surface area contributed by atoms with Crippen LogP contribution in [0.4, 0.5) is 5.69 Å². The SMILES string of the molecule is COc1ccc(S(N)(=O)=O)cc1NC(=O)c1ncn[nH]1. The number of methoxy groups -OCH3 is 1. The number of primary sulfonamides is 1. The number of hydrogen-bond acceptors (Lipinski definition) is 6. The molecule has 0 fully saturated rings. The van der Waals surface area contributed by atoms with Gasteiger partial charge in [0.25, 0.3) is 5.91 Å². The topological polar surface area (TPSA) is 140 Å². The molecule has 10 heteroatoms. The number of nitrogens with two attached hydrogens (primary N) is 1. The third-order valence-corrected chi connectivity index (χ3v) is 3.29. The molecule has 1 heterocycles. The second kappa shape index (κ2) is 5.27. The maximum absolute atomic E-state index is 11.8. The lowest BCUT2D eigenvalue weighted by Crippen LogP contribution is -2.16. The number of hydrogen-bond donors (Lipinski definition) is 3. The predicted molar refractivity (Wildman–Crippen MR) is 68.7 cm³/mol. The quantitative estimate of drug-likeness (QED) is 0.708. The number of rotatable bonds is 4. The van der Waals surface area contributed by atoms with E-state index in [-0.39, 0.29) is 22.2 Å². The predicted octanol–water partition coefficient (Wildman–Crippen LogP) is -0.287. The minimum atomic E-state index is -3.88. The molecule has 1 aromatic heterocycles. The molecule has 0 aliphatic carbocycles. The van der Waals surface area contributed by atoms with Crippen LogP contribution in [0.25, 0.3) is 0 Å². The highest BCUT2D eigenvalue weighted by Gasteiger charge is 2.16. The van der Waals surface area contributed by atoms with Crippen LogP contribution < -0.4 is 15.2 Å². The molecular formula is C10H11N5O4S. The van der Waals surface area contributed by atoms with Crippen molar-refractivity contribution in [3.05, 3.63) is 30.4 Å². The monoisotopic (exact) mass is 297 g/mol. The zero-order valence-electron chi connectivity index (χ0n) is 10.3. The summed E-state index contributed by atoms with van der Waals surface area (Å²) < 4.78 is 27.6. The summed E-state index contributed by atoms with van der Waals surface area (Å²) in [7, 11) is -2.50. The minimum Gasteiger partial charge on any atom is -0.495 e. The first kappa shape index (κ1) is 14.0. The Balaban J connectivity index is 2.37. The fourth-order valence-corrected chi connectivity index (χ4v) is 2.00. The van der Waals surface area contributed by atoms with Crippen molar-refractivity contribution < 1.29 is 17.9 Å². The van der Waals surface area contributed by atoms with Gasteiger partial charge in [-0.15, -0.1) is 0 Å². The van der Waals surface area contributed by atoms with Crippen LogP contribution in [-0.4, -0.2) is 36.6 Å². The molecule has 9 nitrogen and oxygen atoms in total. The number of benzene rings is 1. The lowest BCUT2D eigenvalue weighted by molar-refractivity contribution is 0.101. The summed E-state index contributed by atoms with van der Waals surface area (Å²) in [5.41, 5.74) is 0.153. The number of sulfonamides is 1. The number of ether oxygens (including phenoxy) is 1. The molecule has 0 unspecified atom stereocenters. The lowest BCUT2D eigenvalue weighted by atomic mass is 10.3. The maximum Gasteiger partial charge on any atom is 0.293 e. The van der Waals surface area contributed by atoms with Crippen molar-refractivity contribution in [1.82, 2.24) is 15.2 Å². The molecule has 0 saturated carbocycles. The minimum absolute atomic E-state index is 0.0203. The number of carbonyl (C=O) groups excluding carboxylic acids is 1. The van der Waals surface area contributed by atoms with E-state index in [2.05, 4.69) is 20.5 Å².